The van der Waals surface area contributed by atoms with Gasteiger partial charge in [-0.15, -0.1) is 0 Å². The van der Waals surface area contributed by atoms with Gasteiger partial charge in [-0.05, 0) is 52.4 Å². The molecule has 1 nitrogen and oxygen atoms in total. The highest BCUT2D eigenvalue weighted by Gasteiger charge is 2.20. The van der Waals surface area contributed by atoms with Gasteiger partial charge < -0.3 is 5.11 Å². The summed E-state index contributed by atoms with van der Waals surface area (Å²) in [5.41, 5.74) is -0.00269. The summed E-state index contributed by atoms with van der Waals surface area (Å²) >= 11 is 7.74. The lowest BCUT2D eigenvalue weighted by molar-refractivity contribution is 0.213. The first-order valence-corrected chi connectivity index (χ1v) is 6.63. The largest absolute Gasteiger partial charge is 0.384 e. The SMILES string of the molecule is OC(c1cc(F)c(F)cc1F)c1cc(Cl)ccc1I. The second kappa shape index (κ2) is 5.68. The molecule has 0 radical (unpaired) electrons. The molecule has 0 spiro atoms. The van der Waals surface area contributed by atoms with Crippen molar-refractivity contribution in [1.82, 2.24) is 0 Å². The molecule has 19 heavy (non-hydrogen) atoms. The highest BCUT2D eigenvalue weighted by Crippen LogP contribution is 2.30. The van der Waals surface area contributed by atoms with Crippen molar-refractivity contribution < 1.29 is 18.3 Å². The van der Waals surface area contributed by atoms with E-state index in [9.17, 15) is 18.3 Å². The maximum atomic E-state index is 13.6. The number of aliphatic hydroxyl groups is 1. The van der Waals surface area contributed by atoms with Crippen molar-refractivity contribution in [3.8, 4) is 0 Å². The number of rotatable bonds is 2. The van der Waals surface area contributed by atoms with Crippen molar-refractivity contribution in [3.05, 3.63) is 67.5 Å². The lowest BCUT2D eigenvalue weighted by Gasteiger charge is -2.15. The minimum atomic E-state index is -1.42. The third-order valence-electron chi connectivity index (χ3n) is 2.59. The quantitative estimate of drug-likeness (QED) is 0.586. The van der Waals surface area contributed by atoms with Gasteiger partial charge in [-0.1, -0.05) is 11.6 Å². The summed E-state index contributed by atoms with van der Waals surface area (Å²) in [6.07, 6.45) is -1.42. The van der Waals surface area contributed by atoms with Crippen molar-refractivity contribution in [2.75, 3.05) is 0 Å². The van der Waals surface area contributed by atoms with Crippen LogP contribution in [0.1, 0.15) is 17.2 Å². The molecule has 0 heterocycles. The monoisotopic (exact) mass is 398 g/mol. The molecular weight excluding hydrogens is 391 g/mol. The minimum absolute atomic E-state index is 0.331. The van der Waals surface area contributed by atoms with E-state index in [0.29, 0.717) is 26.3 Å². The van der Waals surface area contributed by atoms with E-state index in [-0.39, 0.29) is 5.56 Å². The van der Waals surface area contributed by atoms with Gasteiger partial charge in [0.2, 0.25) is 0 Å². The average Bonchev–Trinajstić information content (AvgIpc) is 2.36. The Bertz CT molecular complexity index is 634. The predicted molar refractivity (Wildman–Crippen MR) is 74.5 cm³/mol. The summed E-state index contributed by atoms with van der Waals surface area (Å²) in [7, 11) is 0. The molecule has 0 aliphatic carbocycles. The summed E-state index contributed by atoms with van der Waals surface area (Å²) in [5.74, 6) is -3.52. The molecule has 1 unspecified atom stereocenters. The molecule has 0 aliphatic rings. The smallest absolute Gasteiger partial charge is 0.161 e. The van der Waals surface area contributed by atoms with Crippen LogP contribution in [0.25, 0.3) is 0 Å². The Morgan fingerprint density at radius 1 is 0.947 bits per heavy atom. The molecule has 0 saturated heterocycles. The molecule has 0 bridgehead atoms. The molecular formula is C13H7ClF3IO. The van der Waals surface area contributed by atoms with Gasteiger partial charge in [-0.3, -0.25) is 0 Å². The number of halogens is 5. The van der Waals surface area contributed by atoms with Gasteiger partial charge in [0.1, 0.15) is 11.9 Å². The first-order chi connectivity index (χ1) is 8.90. The van der Waals surface area contributed by atoms with E-state index < -0.39 is 23.6 Å². The van der Waals surface area contributed by atoms with Gasteiger partial charge in [0.15, 0.2) is 11.6 Å². The van der Waals surface area contributed by atoms with Crippen molar-refractivity contribution in [3.63, 3.8) is 0 Å². The second-order valence-electron chi connectivity index (χ2n) is 3.86. The first kappa shape index (κ1) is 14.6. The highest BCUT2D eigenvalue weighted by molar-refractivity contribution is 14.1. The Morgan fingerprint density at radius 2 is 1.58 bits per heavy atom. The Kier molecular flexibility index (Phi) is 4.37. The number of aliphatic hydroxyl groups excluding tert-OH is 1. The Balaban J connectivity index is 2.52. The molecule has 1 atom stereocenters. The molecule has 2 aromatic carbocycles. The van der Waals surface area contributed by atoms with E-state index in [2.05, 4.69) is 0 Å². The van der Waals surface area contributed by atoms with Crippen LogP contribution in [0, 0.1) is 21.0 Å². The lowest BCUT2D eigenvalue weighted by atomic mass is 10.0. The van der Waals surface area contributed by atoms with Crippen LogP contribution in [0.3, 0.4) is 0 Å². The normalized spacial score (nSPS) is 12.5. The van der Waals surface area contributed by atoms with Gasteiger partial charge >= 0.3 is 0 Å². The van der Waals surface area contributed by atoms with Crippen LogP contribution >= 0.6 is 34.2 Å². The maximum Gasteiger partial charge on any atom is 0.161 e. The van der Waals surface area contributed by atoms with Crippen LogP contribution in [0.15, 0.2) is 30.3 Å². The lowest BCUT2D eigenvalue weighted by Crippen LogP contribution is -2.06. The van der Waals surface area contributed by atoms with Gasteiger partial charge in [-0.25, -0.2) is 13.2 Å². The highest BCUT2D eigenvalue weighted by atomic mass is 127. The van der Waals surface area contributed by atoms with Crippen LogP contribution in [-0.4, -0.2) is 5.11 Å². The van der Waals surface area contributed by atoms with Crippen molar-refractivity contribution >= 4 is 34.2 Å². The zero-order valence-electron chi connectivity index (χ0n) is 9.30. The Hall–Kier alpha value is -0.790. The fourth-order valence-corrected chi connectivity index (χ4v) is 2.45. The maximum absolute atomic E-state index is 13.6. The Morgan fingerprint density at radius 3 is 2.26 bits per heavy atom. The van der Waals surface area contributed by atoms with Gasteiger partial charge in [-0.2, -0.15) is 0 Å². The minimum Gasteiger partial charge on any atom is -0.384 e. The fraction of sp³-hybridized carbons (Fsp3) is 0.0769. The van der Waals surface area contributed by atoms with Crippen molar-refractivity contribution in [2.45, 2.75) is 6.10 Å². The third kappa shape index (κ3) is 3.04. The van der Waals surface area contributed by atoms with E-state index in [1.807, 2.05) is 22.6 Å². The van der Waals surface area contributed by atoms with E-state index in [1.165, 1.54) is 6.07 Å². The van der Waals surface area contributed by atoms with E-state index in [4.69, 9.17) is 11.6 Å². The summed E-state index contributed by atoms with van der Waals surface area (Å²) < 4.78 is 40.2. The van der Waals surface area contributed by atoms with Crippen molar-refractivity contribution in [2.24, 2.45) is 0 Å². The summed E-state index contributed by atoms with van der Waals surface area (Å²) in [4.78, 5) is 0. The Labute approximate surface area is 126 Å². The summed E-state index contributed by atoms with van der Waals surface area (Å²) in [6.45, 7) is 0. The molecule has 0 amide bonds. The number of hydrogen-bond donors (Lipinski definition) is 1. The molecule has 2 rings (SSSR count). The van der Waals surface area contributed by atoms with Crippen LogP contribution < -0.4 is 0 Å². The van der Waals surface area contributed by atoms with Gasteiger partial charge in [0.05, 0.1) is 0 Å². The van der Waals surface area contributed by atoms with Crippen LogP contribution in [0.2, 0.25) is 5.02 Å². The second-order valence-corrected chi connectivity index (χ2v) is 5.45. The standard InChI is InChI=1S/C13H7ClF3IO/c14-6-1-2-12(18)8(3-6)13(19)7-4-10(16)11(17)5-9(7)15/h1-5,13,19H. The van der Waals surface area contributed by atoms with Crippen LogP contribution in [-0.2, 0) is 0 Å². The molecule has 1 N–H and O–H groups in total. The summed E-state index contributed by atoms with van der Waals surface area (Å²) in [5, 5.41) is 10.5. The fourth-order valence-electron chi connectivity index (χ4n) is 1.64. The molecule has 0 aliphatic heterocycles. The topological polar surface area (TPSA) is 20.2 Å². The van der Waals surface area contributed by atoms with Crippen LogP contribution in [0.5, 0.6) is 0 Å². The van der Waals surface area contributed by atoms with Gasteiger partial charge in [0.25, 0.3) is 0 Å². The van der Waals surface area contributed by atoms with Crippen molar-refractivity contribution in [1.29, 1.82) is 0 Å². The number of benzene rings is 2. The zero-order valence-corrected chi connectivity index (χ0v) is 12.2. The van der Waals surface area contributed by atoms with E-state index in [1.54, 1.807) is 12.1 Å². The number of hydrogen-bond acceptors (Lipinski definition) is 1. The molecule has 0 aromatic heterocycles. The third-order valence-corrected chi connectivity index (χ3v) is 3.80. The summed E-state index contributed by atoms with van der Waals surface area (Å²) in [6, 6.07) is 5.76. The van der Waals surface area contributed by atoms with Gasteiger partial charge in [0, 0.05) is 20.2 Å². The molecule has 6 heteroatoms. The average molecular weight is 399 g/mol. The zero-order chi connectivity index (χ0) is 14.2. The molecule has 0 fully saturated rings. The molecule has 100 valence electrons. The van der Waals surface area contributed by atoms with Crippen LogP contribution in [0.4, 0.5) is 13.2 Å². The molecule has 2 aromatic rings. The van der Waals surface area contributed by atoms with E-state index >= 15 is 0 Å². The van der Waals surface area contributed by atoms with E-state index in [0.717, 1.165) is 0 Å². The first-order valence-electron chi connectivity index (χ1n) is 5.17. The predicted octanol–water partition coefficient (Wildman–Crippen LogP) is 4.44. The molecule has 0 saturated carbocycles.